The number of nitrogens with zero attached hydrogens (tertiary/aromatic N) is 3. The van der Waals surface area contributed by atoms with Crippen molar-refractivity contribution in [2.24, 2.45) is 0 Å². The van der Waals surface area contributed by atoms with Crippen LogP contribution in [0.1, 0.15) is 24.6 Å². The van der Waals surface area contributed by atoms with Crippen LogP contribution in [-0.2, 0) is 0 Å². The molecular weight excluding hydrogens is 236 g/mol. The largest absolute Gasteiger partial charge is 0.444 e. The fourth-order valence-electron chi connectivity index (χ4n) is 1.52. The fraction of sp³-hybridized carbons (Fsp3) is 0.273. The van der Waals surface area contributed by atoms with Crippen molar-refractivity contribution in [3.05, 3.63) is 46.4 Å². The summed E-state index contributed by atoms with van der Waals surface area (Å²) >= 11 is 0. The van der Waals surface area contributed by atoms with Crippen molar-refractivity contribution >= 4 is 11.4 Å². The van der Waals surface area contributed by atoms with Gasteiger partial charge < -0.3 is 9.73 Å². The van der Waals surface area contributed by atoms with Gasteiger partial charge in [0.2, 0.25) is 5.89 Å². The molecule has 0 aliphatic rings. The van der Waals surface area contributed by atoms with Gasteiger partial charge >= 0.3 is 5.69 Å². The van der Waals surface area contributed by atoms with Crippen LogP contribution in [-0.4, -0.2) is 14.9 Å². The van der Waals surface area contributed by atoms with E-state index in [0.29, 0.717) is 17.3 Å². The van der Waals surface area contributed by atoms with Gasteiger partial charge in [-0.05, 0) is 19.9 Å². The van der Waals surface area contributed by atoms with Gasteiger partial charge in [-0.2, -0.15) is 0 Å². The molecule has 0 amide bonds. The maximum Gasteiger partial charge on any atom is 0.310 e. The van der Waals surface area contributed by atoms with Crippen molar-refractivity contribution in [3.8, 4) is 0 Å². The van der Waals surface area contributed by atoms with Gasteiger partial charge in [0, 0.05) is 6.20 Å². The second kappa shape index (κ2) is 4.82. The molecule has 1 N–H and O–H groups in total. The van der Waals surface area contributed by atoms with Crippen LogP contribution < -0.4 is 5.32 Å². The molecule has 2 aromatic heterocycles. The lowest BCUT2D eigenvalue weighted by Crippen LogP contribution is -2.08. The minimum Gasteiger partial charge on any atom is -0.444 e. The molecule has 2 aromatic rings. The zero-order valence-corrected chi connectivity index (χ0v) is 9.95. The van der Waals surface area contributed by atoms with E-state index in [-0.39, 0.29) is 11.7 Å². The Morgan fingerprint density at radius 1 is 1.50 bits per heavy atom. The van der Waals surface area contributed by atoms with Crippen LogP contribution in [0.25, 0.3) is 0 Å². The number of hydrogen-bond acceptors (Lipinski definition) is 6. The fourth-order valence-corrected chi connectivity index (χ4v) is 1.52. The summed E-state index contributed by atoms with van der Waals surface area (Å²) < 4.78 is 5.36. The Labute approximate surface area is 103 Å². The molecular formula is C11H12N4O3. The standard InChI is InChI=1S/C11H12N4O3/c1-7-5-13-11(18-7)8(2)14-9-3-4-12-6-10(9)15(16)17/h3-6,8H,1-2H3,(H,12,14). The molecule has 2 heterocycles. The van der Waals surface area contributed by atoms with Crippen LogP contribution in [0, 0.1) is 17.0 Å². The van der Waals surface area contributed by atoms with Crippen molar-refractivity contribution in [1.29, 1.82) is 0 Å². The Bertz CT molecular complexity index is 567. The maximum absolute atomic E-state index is 10.8. The zero-order chi connectivity index (χ0) is 13.1. The van der Waals surface area contributed by atoms with Gasteiger partial charge in [0.1, 0.15) is 23.7 Å². The summed E-state index contributed by atoms with van der Waals surface area (Å²) in [7, 11) is 0. The molecule has 2 rings (SSSR count). The third-order valence-corrected chi connectivity index (χ3v) is 2.38. The number of anilines is 1. The Hall–Kier alpha value is -2.44. The van der Waals surface area contributed by atoms with Crippen LogP contribution >= 0.6 is 0 Å². The van der Waals surface area contributed by atoms with Crippen molar-refractivity contribution < 1.29 is 9.34 Å². The van der Waals surface area contributed by atoms with Crippen LogP contribution in [0.3, 0.4) is 0 Å². The van der Waals surface area contributed by atoms with Crippen LogP contribution in [0.2, 0.25) is 0 Å². The quantitative estimate of drug-likeness (QED) is 0.659. The summed E-state index contributed by atoms with van der Waals surface area (Å²) in [5.41, 5.74) is 0.311. The molecule has 0 aliphatic carbocycles. The van der Waals surface area contributed by atoms with Gasteiger partial charge in [0.15, 0.2) is 0 Å². The van der Waals surface area contributed by atoms with Crippen molar-refractivity contribution in [1.82, 2.24) is 9.97 Å². The molecule has 0 saturated heterocycles. The summed E-state index contributed by atoms with van der Waals surface area (Å²) in [4.78, 5) is 18.1. The summed E-state index contributed by atoms with van der Waals surface area (Å²) in [5.74, 6) is 1.18. The minimum atomic E-state index is -0.483. The first-order valence-corrected chi connectivity index (χ1v) is 5.35. The highest BCUT2D eigenvalue weighted by Gasteiger charge is 2.18. The molecule has 0 saturated carbocycles. The Balaban J connectivity index is 2.21. The van der Waals surface area contributed by atoms with E-state index in [4.69, 9.17) is 4.42 Å². The Morgan fingerprint density at radius 2 is 2.28 bits per heavy atom. The first kappa shape index (κ1) is 12.0. The number of aromatic nitrogens is 2. The number of hydrogen-bond donors (Lipinski definition) is 1. The number of pyridine rings is 1. The minimum absolute atomic E-state index is 0.0763. The first-order valence-electron chi connectivity index (χ1n) is 5.35. The Morgan fingerprint density at radius 3 is 2.89 bits per heavy atom. The summed E-state index contributed by atoms with van der Waals surface area (Å²) in [6.45, 7) is 3.60. The van der Waals surface area contributed by atoms with E-state index in [1.165, 1.54) is 12.4 Å². The average Bonchev–Trinajstić information content (AvgIpc) is 2.76. The van der Waals surface area contributed by atoms with Crippen LogP contribution in [0.4, 0.5) is 11.4 Å². The number of nitrogens with one attached hydrogen (secondary N) is 1. The van der Waals surface area contributed by atoms with E-state index in [0.717, 1.165) is 0 Å². The normalized spacial score (nSPS) is 12.1. The third-order valence-electron chi connectivity index (χ3n) is 2.38. The highest BCUT2D eigenvalue weighted by molar-refractivity contribution is 5.60. The van der Waals surface area contributed by atoms with Gasteiger partial charge in [0.05, 0.1) is 11.1 Å². The van der Waals surface area contributed by atoms with Crippen LogP contribution in [0.15, 0.2) is 29.1 Å². The van der Waals surface area contributed by atoms with Crippen LogP contribution in [0.5, 0.6) is 0 Å². The van der Waals surface area contributed by atoms with E-state index in [1.54, 1.807) is 19.2 Å². The molecule has 7 heteroatoms. The second-order valence-corrected chi connectivity index (χ2v) is 3.83. The average molecular weight is 248 g/mol. The monoisotopic (exact) mass is 248 g/mol. The molecule has 0 radical (unpaired) electrons. The summed E-state index contributed by atoms with van der Waals surface area (Å²) in [5, 5.41) is 13.8. The number of oxazole rings is 1. The lowest BCUT2D eigenvalue weighted by atomic mass is 10.3. The number of nitro groups is 1. The molecule has 0 spiro atoms. The summed E-state index contributed by atoms with van der Waals surface area (Å²) in [6, 6.07) is 1.28. The van der Waals surface area contributed by atoms with Gasteiger partial charge in [-0.15, -0.1) is 0 Å². The zero-order valence-electron chi connectivity index (χ0n) is 9.95. The predicted octanol–water partition coefficient (Wildman–Crippen LogP) is 2.46. The van der Waals surface area contributed by atoms with Crippen molar-refractivity contribution in [3.63, 3.8) is 0 Å². The smallest absolute Gasteiger partial charge is 0.310 e. The molecule has 0 aliphatic heterocycles. The topological polar surface area (TPSA) is 94.1 Å². The van der Waals surface area contributed by atoms with Crippen molar-refractivity contribution in [2.45, 2.75) is 19.9 Å². The molecule has 18 heavy (non-hydrogen) atoms. The highest BCUT2D eigenvalue weighted by Crippen LogP contribution is 2.26. The molecule has 7 nitrogen and oxygen atoms in total. The summed E-state index contributed by atoms with van der Waals surface area (Å²) in [6.07, 6.45) is 4.30. The lowest BCUT2D eigenvalue weighted by Gasteiger charge is -2.11. The van der Waals surface area contributed by atoms with E-state index < -0.39 is 4.92 Å². The van der Waals surface area contributed by atoms with E-state index in [9.17, 15) is 10.1 Å². The first-order chi connectivity index (χ1) is 8.58. The maximum atomic E-state index is 10.8. The molecule has 0 fully saturated rings. The van der Waals surface area contributed by atoms with E-state index in [1.807, 2.05) is 6.92 Å². The predicted molar refractivity (Wildman–Crippen MR) is 64.2 cm³/mol. The molecule has 1 atom stereocenters. The molecule has 94 valence electrons. The van der Waals surface area contributed by atoms with Gasteiger partial charge in [-0.1, -0.05) is 0 Å². The molecule has 0 bridgehead atoms. The van der Waals surface area contributed by atoms with Gasteiger partial charge in [0.25, 0.3) is 0 Å². The van der Waals surface area contributed by atoms with Crippen molar-refractivity contribution in [2.75, 3.05) is 5.32 Å². The van der Waals surface area contributed by atoms with Gasteiger partial charge in [-0.25, -0.2) is 4.98 Å². The lowest BCUT2D eigenvalue weighted by molar-refractivity contribution is -0.384. The number of aryl methyl sites for hydroxylation is 1. The highest BCUT2D eigenvalue weighted by atomic mass is 16.6. The van der Waals surface area contributed by atoms with E-state index >= 15 is 0 Å². The Kier molecular flexibility index (Phi) is 3.22. The van der Waals surface area contributed by atoms with E-state index in [2.05, 4.69) is 15.3 Å². The second-order valence-electron chi connectivity index (χ2n) is 3.83. The third kappa shape index (κ3) is 2.45. The molecule has 0 aromatic carbocycles. The van der Waals surface area contributed by atoms with Gasteiger partial charge in [-0.3, -0.25) is 15.1 Å². The molecule has 1 unspecified atom stereocenters. The SMILES string of the molecule is Cc1cnc(C(C)Nc2ccncc2[N+](=O)[O-])o1. The number of rotatable bonds is 4.